The van der Waals surface area contributed by atoms with E-state index in [1.54, 1.807) is 16.6 Å². The molecule has 0 radical (unpaired) electrons. The number of benzene rings is 2. The van der Waals surface area contributed by atoms with Crippen LogP contribution in [0.25, 0.3) is 15.5 Å². The molecule has 152 valence electrons. The third kappa shape index (κ3) is 4.11. The highest BCUT2D eigenvalue weighted by Gasteiger charge is 2.15. The number of aryl methyl sites for hydroxylation is 1. The molecule has 2 heterocycles. The van der Waals surface area contributed by atoms with Crippen molar-refractivity contribution in [2.45, 2.75) is 6.92 Å². The van der Waals surface area contributed by atoms with Gasteiger partial charge in [0.1, 0.15) is 10.8 Å². The Morgan fingerprint density at radius 1 is 1.23 bits per heavy atom. The molecular formula is C19H15ClN6O2S2. The maximum Gasteiger partial charge on any atom is 0.261 e. The minimum absolute atomic E-state index is 0.146. The average molecular weight is 459 g/mol. The van der Waals surface area contributed by atoms with E-state index in [9.17, 15) is 4.79 Å². The van der Waals surface area contributed by atoms with Crippen molar-refractivity contribution in [1.82, 2.24) is 25.1 Å². The van der Waals surface area contributed by atoms with Crippen LogP contribution in [0.15, 0.2) is 42.5 Å². The highest BCUT2D eigenvalue weighted by molar-refractivity contribution is 7.80. The topological polar surface area (TPSA) is 93.4 Å². The van der Waals surface area contributed by atoms with Gasteiger partial charge in [-0.15, -0.1) is 10.2 Å². The number of carbonyl (C=O) groups is 1. The van der Waals surface area contributed by atoms with Gasteiger partial charge in [0.2, 0.25) is 4.96 Å². The van der Waals surface area contributed by atoms with Crippen LogP contribution in [0.4, 0.5) is 5.69 Å². The number of rotatable bonds is 4. The number of anilines is 1. The zero-order valence-electron chi connectivity index (χ0n) is 15.8. The summed E-state index contributed by atoms with van der Waals surface area (Å²) >= 11 is 12.7. The zero-order chi connectivity index (χ0) is 21.3. The lowest BCUT2D eigenvalue weighted by Crippen LogP contribution is -2.34. The molecule has 0 aliphatic carbocycles. The van der Waals surface area contributed by atoms with E-state index in [4.69, 9.17) is 28.6 Å². The molecule has 0 fully saturated rings. The molecule has 0 unspecified atom stereocenters. The number of thiocarbonyl (C=S) groups is 1. The smallest absolute Gasteiger partial charge is 0.261 e. The first-order valence-electron chi connectivity index (χ1n) is 8.70. The van der Waals surface area contributed by atoms with Gasteiger partial charge < -0.3 is 10.1 Å². The van der Waals surface area contributed by atoms with E-state index in [2.05, 4.69) is 25.9 Å². The van der Waals surface area contributed by atoms with Crippen molar-refractivity contribution in [3.05, 3.63) is 58.9 Å². The Morgan fingerprint density at radius 2 is 2.07 bits per heavy atom. The summed E-state index contributed by atoms with van der Waals surface area (Å²) in [5.41, 5.74) is 1.89. The van der Waals surface area contributed by atoms with E-state index in [1.165, 1.54) is 24.5 Å². The van der Waals surface area contributed by atoms with E-state index in [0.717, 1.165) is 21.4 Å². The van der Waals surface area contributed by atoms with Crippen LogP contribution in [0.3, 0.4) is 0 Å². The summed E-state index contributed by atoms with van der Waals surface area (Å²) < 4.78 is 6.91. The summed E-state index contributed by atoms with van der Waals surface area (Å²) in [4.78, 5) is 13.3. The number of carbonyl (C=O) groups excluding carboxylic acids is 1. The largest absolute Gasteiger partial charge is 0.496 e. The molecule has 4 aromatic rings. The molecule has 30 heavy (non-hydrogen) atoms. The van der Waals surface area contributed by atoms with Crippen molar-refractivity contribution in [2.24, 2.45) is 0 Å². The first-order valence-corrected chi connectivity index (χ1v) is 10.3. The van der Waals surface area contributed by atoms with Crippen molar-refractivity contribution in [3.8, 4) is 16.3 Å². The molecule has 2 N–H and O–H groups in total. The van der Waals surface area contributed by atoms with Crippen molar-refractivity contribution < 1.29 is 9.53 Å². The Morgan fingerprint density at radius 3 is 2.83 bits per heavy atom. The Hall–Kier alpha value is -3.08. The van der Waals surface area contributed by atoms with Gasteiger partial charge in [-0.05, 0) is 49.5 Å². The molecule has 0 aliphatic rings. The van der Waals surface area contributed by atoms with E-state index in [0.29, 0.717) is 16.5 Å². The van der Waals surface area contributed by atoms with E-state index in [-0.39, 0.29) is 10.7 Å². The third-order valence-electron chi connectivity index (χ3n) is 4.15. The monoisotopic (exact) mass is 458 g/mol. The van der Waals surface area contributed by atoms with Gasteiger partial charge >= 0.3 is 0 Å². The SMILES string of the molecule is COc1ccc(Cl)cc1C(=O)NC(=S)Nc1cccc(-c2nn3c(C)nnc3s2)c1. The maximum atomic E-state index is 12.6. The number of aromatic nitrogens is 4. The fourth-order valence-electron chi connectivity index (χ4n) is 2.75. The second-order valence-corrected chi connectivity index (χ2v) is 7.98. The molecule has 0 atom stereocenters. The molecule has 2 aromatic heterocycles. The molecule has 8 nitrogen and oxygen atoms in total. The molecule has 0 saturated heterocycles. The number of hydrogen-bond acceptors (Lipinski definition) is 7. The third-order valence-corrected chi connectivity index (χ3v) is 5.53. The lowest BCUT2D eigenvalue weighted by molar-refractivity contribution is 0.0975. The molecule has 0 spiro atoms. The fourth-order valence-corrected chi connectivity index (χ4v) is 4.02. The molecule has 4 rings (SSSR count). The lowest BCUT2D eigenvalue weighted by atomic mass is 10.2. The number of nitrogens with zero attached hydrogens (tertiary/aromatic N) is 4. The molecule has 11 heteroatoms. The predicted octanol–water partition coefficient (Wildman–Crippen LogP) is 3.95. The van der Waals surface area contributed by atoms with Gasteiger partial charge in [-0.1, -0.05) is 35.1 Å². The van der Waals surface area contributed by atoms with Crippen LogP contribution < -0.4 is 15.4 Å². The first-order chi connectivity index (χ1) is 14.4. The van der Waals surface area contributed by atoms with Crippen LogP contribution >= 0.6 is 35.2 Å². The molecule has 0 bridgehead atoms. The number of methoxy groups -OCH3 is 1. The Labute approximate surface area is 185 Å². The molecular weight excluding hydrogens is 444 g/mol. The summed E-state index contributed by atoms with van der Waals surface area (Å²) in [5.74, 6) is 0.703. The number of halogens is 1. The van der Waals surface area contributed by atoms with Gasteiger partial charge in [0, 0.05) is 16.3 Å². The van der Waals surface area contributed by atoms with Crippen molar-refractivity contribution >= 4 is 56.8 Å². The Kier molecular flexibility index (Phi) is 5.62. The fraction of sp³-hybridized carbons (Fsp3) is 0.105. The lowest BCUT2D eigenvalue weighted by Gasteiger charge is -2.12. The van der Waals surface area contributed by atoms with Crippen molar-refractivity contribution in [1.29, 1.82) is 0 Å². The van der Waals surface area contributed by atoms with Crippen LogP contribution in [0.2, 0.25) is 5.02 Å². The molecule has 0 aliphatic heterocycles. The summed E-state index contributed by atoms with van der Waals surface area (Å²) in [6.07, 6.45) is 0. The van der Waals surface area contributed by atoms with Crippen LogP contribution in [0.5, 0.6) is 5.75 Å². The predicted molar refractivity (Wildman–Crippen MR) is 121 cm³/mol. The first kappa shape index (κ1) is 20.2. The van der Waals surface area contributed by atoms with Crippen molar-refractivity contribution in [3.63, 3.8) is 0 Å². The summed E-state index contributed by atoms with van der Waals surface area (Å²) in [7, 11) is 1.48. The quantitative estimate of drug-likeness (QED) is 0.447. The standard InChI is InChI=1S/C19H15ClN6O2S2/c1-10-23-24-19-26(10)25-17(30-19)11-4-3-5-13(8-11)21-18(29)22-16(27)14-9-12(20)6-7-15(14)28-2/h3-9H,1-2H3,(H2,21,22,27,29). The van der Waals surface area contributed by atoms with E-state index in [1.807, 2.05) is 31.2 Å². The molecule has 1 amide bonds. The number of ether oxygens (including phenoxy) is 1. The van der Waals surface area contributed by atoms with E-state index >= 15 is 0 Å². The van der Waals surface area contributed by atoms with Gasteiger partial charge in [0.05, 0.1) is 12.7 Å². The Bertz CT molecular complexity index is 1270. The molecule has 0 saturated carbocycles. The second kappa shape index (κ2) is 8.34. The number of fused-ring (bicyclic) bond motifs is 1. The van der Waals surface area contributed by atoms with Crippen LogP contribution in [0.1, 0.15) is 16.2 Å². The molecule has 2 aromatic carbocycles. The number of nitrogens with one attached hydrogen (secondary N) is 2. The minimum atomic E-state index is -0.424. The van der Waals surface area contributed by atoms with Crippen LogP contribution in [-0.2, 0) is 0 Å². The highest BCUT2D eigenvalue weighted by atomic mass is 35.5. The van der Waals surface area contributed by atoms with Crippen LogP contribution in [-0.4, -0.2) is 37.9 Å². The minimum Gasteiger partial charge on any atom is -0.496 e. The summed E-state index contributed by atoms with van der Waals surface area (Å²) in [6.45, 7) is 1.84. The van der Waals surface area contributed by atoms with Crippen LogP contribution in [0, 0.1) is 6.92 Å². The van der Waals surface area contributed by atoms with Gasteiger partial charge in [-0.25, -0.2) is 0 Å². The van der Waals surface area contributed by atoms with Crippen molar-refractivity contribution in [2.75, 3.05) is 12.4 Å². The van der Waals surface area contributed by atoms with E-state index < -0.39 is 5.91 Å². The normalized spacial score (nSPS) is 10.8. The highest BCUT2D eigenvalue weighted by Crippen LogP contribution is 2.27. The van der Waals surface area contributed by atoms with Gasteiger partial charge in [-0.2, -0.15) is 9.61 Å². The summed E-state index contributed by atoms with van der Waals surface area (Å²) in [6, 6.07) is 12.3. The van der Waals surface area contributed by atoms with Gasteiger partial charge in [0.25, 0.3) is 5.91 Å². The number of amides is 1. The maximum absolute atomic E-state index is 12.6. The Balaban J connectivity index is 1.49. The summed E-state index contributed by atoms with van der Waals surface area (Å²) in [5, 5.41) is 19.6. The second-order valence-electron chi connectivity index (χ2n) is 6.18. The zero-order valence-corrected chi connectivity index (χ0v) is 18.2. The number of hydrogen-bond donors (Lipinski definition) is 2. The van der Waals surface area contributed by atoms with Gasteiger partial charge in [-0.3, -0.25) is 10.1 Å². The average Bonchev–Trinajstić information content (AvgIpc) is 3.30. The van der Waals surface area contributed by atoms with Gasteiger partial charge in [0.15, 0.2) is 10.9 Å².